The summed E-state index contributed by atoms with van der Waals surface area (Å²) >= 11 is 0. The zero-order valence-electron chi connectivity index (χ0n) is 14.1. The molecule has 0 spiro atoms. The van der Waals surface area contributed by atoms with E-state index < -0.39 is 0 Å². The number of hydrogen-bond donors (Lipinski definition) is 1. The van der Waals surface area contributed by atoms with Crippen LogP contribution in [0.3, 0.4) is 0 Å². The van der Waals surface area contributed by atoms with Crippen molar-refractivity contribution in [1.82, 2.24) is 15.3 Å². The third-order valence-corrected chi connectivity index (χ3v) is 4.20. The van der Waals surface area contributed by atoms with Gasteiger partial charge in [0.25, 0.3) is 0 Å². The standard InChI is InChI=1S/C17H30N4/c1-13(2)18-10-8-9-16-14(3)19-17(20-15(16)4)21-11-6-5-7-12-21/h13,18H,5-12H2,1-4H3. The highest BCUT2D eigenvalue weighted by Crippen LogP contribution is 2.20. The Balaban J connectivity index is 1.99. The molecule has 1 N–H and O–H groups in total. The van der Waals surface area contributed by atoms with Crippen LogP contribution in [0.4, 0.5) is 5.95 Å². The van der Waals surface area contributed by atoms with E-state index in [0.717, 1.165) is 49.8 Å². The van der Waals surface area contributed by atoms with Crippen LogP contribution in [0.1, 0.15) is 56.5 Å². The van der Waals surface area contributed by atoms with E-state index in [9.17, 15) is 0 Å². The second-order valence-electron chi connectivity index (χ2n) is 6.43. The van der Waals surface area contributed by atoms with Gasteiger partial charge in [0.15, 0.2) is 0 Å². The molecule has 0 amide bonds. The lowest BCUT2D eigenvalue weighted by atomic mass is 10.1. The fraction of sp³-hybridized carbons (Fsp3) is 0.765. The maximum absolute atomic E-state index is 4.77. The van der Waals surface area contributed by atoms with Gasteiger partial charge in [-0.05, 0) is 58.1 Å². The molecule has 4 heteroatoms. The van der Waals surface area contributed by atoms with Gasteiger partial charge in [-0.1, -0.05) is 13.8 Å². The van der Waals surface area contributed by atoms with Gasteiger partial charge in [-0.2, -0.15) is 0 Å². The summed E-state index contributed by atoms with van der Waals surface area (Å²) < 4.78 is 0. The molecule has 2 heterocycles. The number of nitrogens with one attached hydrogen (secondary N) is 1. The van der Waals surface area contributed by atoms with Gasteiger partial charge >= 0.3 is 0 Å². The molecule has 0 radical (unpaired) electrons. The Morgan fingerprint density at radius 3 is 2.24 bits per heavy atom. The first-order valence-electron chi connectivity index (χ1n) is 8.40. The number of hydrogen-bond acceptors (Lipinski definition) is 4. The molecule has 1 aromatic rings. The van der Waals surface area contributed by atoms with Crippen LogP contribution in [-0.4, -0.2) is 35.6 Å². The van der Waals surface area contributed by atoms with Crippen LogP contribution in [0, 0.1) is 13.8 Å². The lowest BCUT2D eigenvalue weighted by Gasteiger charge is -2.27. The number of rotatable bonds is 6. The van der Waals surface area contributed by atoms with Crippen LogP contribution in [0.5, 0.6) is 0 Å². The monoisotopic (exact) mass is 290 g/mol. The van der Waals surface area contributed by atoms with E-state index >= 15 is 0 Å². The highest BCUT2D eigenvalue weighted by atomic mass is 15.3. The van der Waals surface area contributed by atoms with E-state index in [1.165, 1.54) is 24.8 Å². The summed E-state index contributed by atoms with van der Waals surface area (Å²) in [7, 11) is 0. The van der Waals surface area contributed by atoms with Crippen molar-refractivity contribution < 1.29 is 0 Å². The van der Waals surface area contributed by atoms with Crippen molar-refractivity contribution in [1.29, 1.82) is 0 Å². The van der Waals surface area contributed by atoms with Gasteiger partial charge in [0, 0.05) is 30.5 Å². The highest BCUT2D eigenvalue weighted by molar-refractivity contribution is 5.37. The van der Waals surface area contributed by atoms with Crippen molar-refractivity contribution in [2.45, 2.75) is 65.8 Å². The summed E-state index contributed by atoms with van der Waals surface area (Å²) in [5.41, 5.74) is 3.65. The highest BCUT2D eigenvalue weighted by Gasteiger charge is 2.16. The molecule has 4 nitrogen and oxygen atoms in total. The Labute approximate surface area is 129 Å². The molecule has 1 aliphatic rings. The van der Waals surface area contributed by atoms with Gasteiger partial charge in [-0.15, -0.1) is 0 Å². The summed E-state index contributed by atoms with van der Waals surface area (Å²) in [6.45, 7) is 11.9. The smallest absolute Gasteiger partial charge is 0.225 e. The molecule has 0 bridgehead atoms. The van der Waals surface area contributed by atoms with Crippen LogP contribution < -0.4 is 10.2 Å². The molecule has 1 fully saturated rings. The van der Waals surface area contributed by atoms with E-state index in [1.807, 2.05) is 0 Å². The zero-order valence-corrected chi connectivity index (χ0v) is 14.1. The minimum atomic E-state index is 0.560. The summed E-state index contributed by atoms with van der Waals surface area (Å²) in [5.74, 6) is 0.939. The molecule has 2 rings (SSSR count). The second-order valence-corrected chi connectivity index (χ2v) is 6.43. The first-order valence-corrected chi connectivity index (χ1v) is 8.40. The number of anilines is 1. The summed E-state index contributed by atoms with van der Waals surface area (Å²) in [5, 5.41) is 3.47. The van der Waals surface area contributed by atoms with Crippen molar-refractivity contribution in [3.05, 3.63) is 17.0 Å². The molecular weight excluding hydrogens is 260 g/mol. The predicted octanol–water partition coefficient (Wildman–Crippen LogP) is 3.01. The summed E-state index contributed by atoms with van der Waals surface area (Å²) in [6, 6.07) is 0.560. The number of piperidine rings is 1. The normalized spacial score (nSPS) is 15.8. The molecule has 1 aliphatic heterocycles. The van der Waals surface area contributed by atoms with Crippen molar-refractivity contribution in [2.24, 2.45) is 0 Å². The number of aromatic nitrogens is 2. The molecule has 118 valence electrons. The first kappa shape index (κ1) is 16.2. The fourth-order valence-corrected chi connectivity index (χ4v) is 2.97. The van der Waals surface area contributed by atoms with Gasteiger partial charge in [0.1, 0.15) is 0 Å². The molecule has 0 saturated carbocycles. The topological polar surface area (TPSA) is 41.1 Å². The Morgan fingerprint density at radius 1 is 1.05 bits per heavy atom. The molecule has 0 atom stereocenters. The first-order chi connectivity index (χ1) is 10.1. The molecular formula is C17H30N4. The van der Waals surface area contributed by atoms with Crippen LogP contribution >= 0.6 is 0 Å². The Bertz CT molecular complexity index is 427. The van der Waals surface area contributed by atoms with Gasteiger partial charge in [0.2, 0.25) is 5.95 Å². The molecule has 0 aromatic carbocycles. The SMILES string of the molecule is Cc1nc(N2CCCCC2)nc(C)c1CCCNC(C)C. The van der Waals surface area contributed by atoms with Crippen LogP contribution in [-0.2, 0) is 6.42 Å². The van der Waals surface area contributed by atoms with Gasteiger partial charge in [-0.3, -0.25) is 0 Å². The van der Waals surface area contributed by atoms with E-state index in [-0.39, 0.29) is 0 Å². The van der Waals surface area contributed by atoms with E-state index in [2.05, 4.69) is 37.9 Å². The molecule has 0 aliphatic carbocycles. The van der Waals surface area contributed by atoms with Crippen molar-refractivity contribution in [2.75, 3.05) is 24.5 Å². The Hall–Kier alpha value is -1.16. The minimum Gasteiger partial charge on any atom is -0.341 e. The van der Waals surface area contributed by atoms with Gasteiger partial charge in [-0.25, -0.2) is 9.97 Å². The predicted molar refractivity (Wildman–Crippen MR) is 89.0 cm³/mol. The summed E-state index contributed by atoms with van der Waals surface area (Å²) in [6.07, 6.45) is 6.09. The average Bonchev–Trinajstić information content (AvgIpc) is 2.46. The second kappa shape index (κ2) is 7.74. The van der Waals surface area contributed by atoms with Crippen molar-refractivity contribution >= 4 is 5.95 Å². The van der Waals surface area contributed by atoms with Gasteiger partial charge in [0.05, 0.1) is 0 Å². The lowest BCUT2D eigenvalue weighted by Crippen LogP contribution is -2.31. The third-order valence-electron chi connectivity index (χ3n) is 4.20. The number of aryl methyl sites for hydroxylation is 2. The van der Waals surface area contributed by atoms with Crippen molar-refractivity contribution in [3.63, 3.8) is 0 Å². The largest absolute Gasteiger partial charge is 0.341 e. The zero-order chi connectivity index (χ0) is 15.2. The molecule has 0 unspecified atom stereocenters. The van der Waals surface area contributed by atoms with E-state index in [0.29, 0.717) is 6.04 Å². The lowest BCUT2D eigenvalue weighted by molar-refractivity contribution is 0.563. The summed E-state index contributed by atoms with van der Waals surface area (Å²) in [4.78, 5) is 11.9. The average molecular weight is 290 g/mol. The van der Waals surface area contributed by atoms with E-state index in [1.54, 1.807) is 0 Å². The number of nitrogens with zero attached hydrogens (tertiary/aromatic N) is 3. The van der Waals surface area contributed by atoms with E-state index in [4.69, 9.17) is 9.97 Å². The minimum absolute atomic E-state index is 0.560. The molecule has 1 saturated heterocycles. The third kappa shape index (κ3) is 4.67. The molecule has 21 heavy (non-hydrogen) atoms. The van der Waals surface area contributed by atoms with Crippen molar-refractivity contribution in [3.8, 4) is 0 Å². The maximum Gasteiger partial charge on any atom is 0.225 e. The quantitative estimate of drug-likeness (QED) is 0.818. The van der Waals surface area contributed by atoms with Crippen LogP contribution in [0.2, 0.25) is 0 Å². The Kier molecular flexibility index (Phi) is 5.97. The molecule has 1 aromatic heterocycles. The maximum atomic E-state index is 4.77. The van der Waals surface area contributed by atoms with Gasteiger partial charge < -0.3 is 10.2 Å². The Morgan fingerprint density at radius 2 is 1.67 bits per heavy atom. The van der Waals surface area contributed by atoms with Crippen LogP contribution in [0.15, 0.2) is 0 Å². The fourth-order valence-electron chi connectivity index (χ4n) is 2.97. The van der Waals surface area contributed by atoms with Crippen LogP contribution in [0.25, 0.3) is 0 Å².